The molecule has 2 saturated carbocycles. The number of piperidine rings is 1. The number of hydrogen-bond acceptors (Lipinski definition) is 5. The van der Waals surface area contributed by atoms with Crippen molar-refractivity contribution in [1.29, 1.82) is 0 Å². The molecule has 3 fully saturated rings. The molecule has 26 heavy (non-hydrogen) atoms. The molecule has 138 valence electrons. The Labute approximate surface area is 153 Å². The number of benzene rings is 1. The summed E-state index contributed by atoms with van der Waals surface area (Å²) < 4.78 is 12.5. The van der Waals surface area contributed by atoms with Crippen molar-refractivity contribution in [3.63, 3.8) is 0 Å². The number of aromatic hydroxyl groups is 1. The highest BCUT2D eigenvalue weighted by atomic mass is 16.5. The van der Waals surface area contributed by atoms with E-state index in [2.05, 4.69) is 4.90 Å². The molecule has 4 atom stereocenters. The lowest BCUT2D eigenvalue weighted by molar-refractivity contribution is -0.202. The lowest BCUT2D eigenvalue weighted by atomic mass is 9.49. The number of ether oxygens (including phenoxy) is 2. The van der Waals surface area contributed by atoms with Crippen molar-refractivity contribution in [1.82, 2.24) is 4.90 Å². The molecule has 5 nitrogen and oxygen atoms in total. The van der Waals surface area contributed by atoms with Gasteiger partial charge in [0.1, 0.15) is 0 Å². The van der Waals surface area contributed by atoms with E-state index in [0.717, 1.165) is 43.8 Å². The Hall–Kier alpha value is -1.59. The molecule has 5 heteroatoms. The fraction of sp³-hybridized carbons (Fsp3) is 0.667. The molecule has 0 aromatic heterocycles. The SMILES string of the molecule is CO[C@]12CCC(=O)[C@H]3Oc4c(O)ccc5c4[C@]31CCN(CC1CC1)[C@H]2C5. The number of rotatable bonds is 3. The molecule has 1 spiro atoms. The zero-order valence-corrected chi connectivity index (χ0v) is 15.2. The maximum absolute atomic E-state index is 12.9. The van der Waals surface area contributed by atoms with Gasteiger partial charge in [-0.3, -0.25) is 9.69 Å². The van der Waals surface area contributed by atoms with Crippen molar-refractivity contribution in [2.45, 2.75) is 61.7 Å². The highest BCUT2D eigenvalue weighted by molar-refractivity contribution is 5.90. The van der Waals surface area contributed by atoms with Crippen molar-refractivity contribution in [2.75, 3.05) is 20.2 Å². The zero-order chi connectivity index (χ0) is 17.7. The van der Waals surface area contributed by atoms with Gasteiger partial charge in [0.2, 0.25) is 0 Å². The van der Waals surface area contributed by atoms with Gasteiger partial charge in [0.05, 0.1) is 11.0 Å². The summed E-state index contributed by atoms with van der Waals surface area (Å²) in [5, 5.41) is 10.4. The minimum absolute atomic E-state index is 0.157. The first kappa shape index (κ1) is 15.5. The number of methoxy groups -OCH3 is 1. The summed E-state index contributed by atoms with van der Waals surface area (Å²) in [5.41, 5.74) is 1.46. The summed E-state index contributed by atoms with van der Waals surface area (Å²) in [6.45, 7) is 2.12. The highest BCUT2D eigenvalue weighted by Gasteiger charge is 2.74. The molecule has 1 aromatic rings. The van der Waals surface area contributed by atoms with Gasteiger partial charge in [-0.15, -0.1) is 0 Å². The second kappa shape index (κ2) is 4.82. The number of carbonyl (C=O) groups is 1. The average Bonchev–Trinajstić information content (AvgIpc) is 3.38. The van der Waals surface area contributed by atoms with Crippen LogP contribution in [0.4, 0.5) is 0 Å². The molecule has 0 unspecified atom stereocenters. The minimum atomic E-state index is -0.510. The monoisotopic (exact) mass is 355 g/mol. The maximum atomic E-state index is 12.9. The van der Waals surface area contributed by atoms with Gasteiger partial charge in [0.25, 0.3) is 0 Å². The summed E-state index contributed by atoms with van der Waals surface area (Å²) in [4.78, 5) is 15.5. The van der Waals surface area contributed by atoms with E-state index in [9.17, 15) is 9.90 Å². The third-order valence-electron chi connectivity index (χ3n) is 7.88. The Morgan fingerprint density at radius 3 is 2.96 bits per heavy atom. The van der Waals surface area contributed by atoms with E-state index in [-0.39, 0.29) is 17.6 Å². The van der Waals surface area contributed by atoms with Crippen LogP contribution in [-0.2, 0) is 21.4 Å². The normalized spacial score (nSPS) is 40.3. The summed E-state index contributed by atoms with van der Waals surface area (Å²) in [6.07, 6.45) is 5.20. The van der Waals surface area contributed by atoms with Crippen LogP contribution in [0.5, 0.6) is 11.5 Å². The van der Waals surface area contributed by atoms with E-state index in [4.69, 9.17) is 9.47 Å². The number of phenols is 1. The zero-order valence-electron chi connectivity index (χ0n) is 15.2. The van der Waals surface area contributed by atoms with Crippen molar-refractivity contribution in [2.24, 2.45) is 5.92 Å². The molecule has 5 aliphatic rings. The Kier molecular flexibility index (Phi) is 2.86. The van der Waals surface area contributed by atoms with Crippen LogP contribution in [0, 0.1) is 5.92 Å². The van der Waals surface area contributed by atoms with Crippen molar-refractivity contribution >= 4 is 5.78 Å². The quantitative estimate of drug-likeness (QED) is 0.901. The molecule has 0 radical (unpaired) electrons. The van der Waals surface area contributed by atoms with Gasteiger partial charge in [-0.25, -0.2) is 0 Å². The number of ketones is 1. The molecule has 2 aliphatic heterocycles. The molecular weight excluding hydrogens is 330 g/mol. The van der Waals surface area contributed by atoms with E-state index in [1.807, 2.05) is 13.2 Å². The number of likely N-dealkylation sites (tertiary alicyclic amines) is 1. The standard InChI is InChI=1S/C21H25NO4/c1-25-21-7-6-15(24)19-20(21)8-9-22(11-12-2-3-12)16(21)10-13-4-5-14(23)18(26-19)17(13)20/h4-5,12,16,19,23H,2-3,6-11H2,1H3/t16-,19+,20+,21-/m0/s1. The largest absolute Gasteiger partial charge is 0.504 e. The lowest BCUT2D eigenvalue weighted by Gasteiger charge is -2.64. The summed E-state index contributed by atoms with van der Waals surface area (Å²) in [5.74, 6) is 1.69. The smallest absolute Gasteiger partial charge is 0.174 e. The number of Topliss-reactive ketones (excluding diaryl/α,β-unsaturated/α-hetero) is 1. The van der Waals surface area contributed by atoms with Gasteiger partial charge >= 0.3 is 0 Å². The number of hydrogen-bond donors (Lipinski definition) is 1. The molecule has 6 rings (SSSR count). The Morgan fingerprint density at radius 1 is 1.35 bits per heavy atom. The van der Waals surface area contributed by atoms with Gasteiger partial charge in [-0.1, -0.05) is 6.07 Å². The predicted molar refractivity (Wildman–Crippen MR) is 94.6 cm³/mol. The lowest BCUT2D eigenvalue weighted by Crippen LogP contribution is -2.77. The first-order chi connectivity index (χ1) is 12.6. The molecular formula is C21H25NO4. The van der Waals surface area contributed by atoms with E-state index in [1.54, 1.807) is 6.07 Å². The average molecular weight is 355 g/mol. The number of carbonyl (C=O) groups excluding carboxylic acids is 1. The van der Waals surface area contributed by atoms with Crippen LogP contribution in [0.1, 0.15) is 43.2 Å². The summed E-state index contributed by atoms with van der Waals surface area (Å²) in [7, 11) is 1.81. The molecule has 1 saturated heterocycles. The number of phenolic OH excluding ortho intramolecular Hbond substituents is 1. The van der Waals surface area contributed by atoms with Gasteiger partial charge in [0.15, 0.2) is 23.4 Å². The van der Waals surface area contributed by atoms with Gasteiger partial charge in [0, 0.05) is 31.7 Å². The molecule has 1 aromatic carbocycles. The maximum Gasteiger partial charge on any atom is 0.174 e. The van der Waals surface area contributed by atoms with Crippen LogP contribution in [0.3, 0.4) is 0 Å². The molecule has 3 aliphatic carbocycles. The third-order valence-corrected chi connectivity index (χ3v) is 7.88. The van der Waals surface area contributed by atoms with Crippen LogP contribution in [-0.4, -0.2) is 53.7 Å². The first-order valence-corrected chi connectivity index (χ1v) is 9.94. The predicted octanol–water partition coefficient (Wildman–Crippen LogP) is 2.18. The number of nitrogens with zero attached hydrogens (tertiary/aromatic N) is 1. The van der Waals surface area contributed by atoms with E-state index >= 15 is 0 Å². The van der Waals surface area contributed by atoms with Crippen molar-refractivity contribution in [3.8, 4) is 11.5 Å². The van der Waals surface area contributed by atoms with Crippen molar-refractivity contribution < 1.29 is 19.4 Å². The van der Waals surface area contributed by atoms with Gasteiger partial charge in [-0.05, 0) is 56.2 Å². The molecule has 2 bridgehead atoms. The van der Waals surface area contributed by atoms with Crippen LogP contribution in [0.15, 0.2) is 12.1 Å². The topological polar surface area (TPSA) is 59.0 Å². The van der Waals surface area contributed by atoms with E-state index < -0.39 is 17.1 Å². The molecule has 2 heterocycles. The Morgan fingerprint density at radius 2 is 2.19 bits per heavy atom. The van der Waals surface area contributed by atoms with Crippen molar-refractivity contribution in [3.05, 3.63) is 23.3 Å². The Bertz CT molecular complexity index is 818. The van der Waals surface area contributed by atoms with Crippen LogP contribution in [0.25, 0.3) is 0 Å². The summed E-state index contributed by atoms with van der Waals surface area (Å²) >= 11 is 0. The molecule has 0 amide bonds. The van der Waals surface area contributed by atoms with Gasteiger partial charge < -0.3 is 14.6 Å². The molecule has 1 N–H and O–H groups in total. The van der Waals surface area contributed by atoms with Gasteiger partial charge in [-0.2, -0.15) is 0 Å². The van der Waals surface area contributed by atoms with Crippen LogP contribution >= 0.6 is 0 Å². The van der Waals surface area contributed by atoms with E-state index in [1.165, 1.54) is 18.4 Å². The second-order valence-electron chi connectivity index (χ2n) is 8.89. The van der Waals surface area contributed by atoms with E-state index in [0.29, 0.717) is 12.2 Å². The van der Waals surface area contributed by atoms with Crippen LogP contribution in [0.2, 0.25) is 0 Å². The first-order valence-electron chi connectivity index (χ1n) is 9.94. The minimum Gasteiger partial charge on any atom is -0.504 e. The second-order valence-corrected chi connectivity index (χ2v) is 8.89. The van der Waals surface area contributed by atoms with Crippen LogP contribution < -0.4 is 4.74 Å². The highest BCUT2D eigenvalue weighted by Crippen LogP contribution is 2.65. The Balaban J connectivity index is 1.60. The summed E-state index contributed by atoms with van der Waals surface area (Å²) in [6, 6.07) is 4.05. The third kappa shape index (κ3) is 1.59. The fourth-order valence-corrected chi connectivity index (χ4v) is 6.65. The fourth-order valence-electron chi connectivity index (χ4n) is 6.65.